The Hall–Kier alpha value is -1.59. The lowest BCUT2D eigenvalue weighted by atomic mass is 9.84. The van der Waals surface area contributed by atoms with Crippen LogP contribution >= 0.6 is 0 Å². The van der Waals surface area contributed by atoms with Gasteiger partial charge in [0.05, 0.1) is 24.9 Å². The molecule has 0 radical (unpaired) electrons. The average Bonchev–Trinajstić information content (AvgIpc) is 3.24. The van der Waals surface area contributed by atoms with Crippen LogP contribution in [0.4, 0.5) is 0 Å². The maximum atomic E-state index is 6.27. The molecule has 124 valence electrons. The van der Waals surface area contributed by atoms with Crippen molar-refractivity contribution in [1.29, 1.82) is 0 Å². The van der Waals surface area contributed by atoms with Crippen LogP contribution in [0.5, 0.6) is 0 Å². The summed E-state index contributed by atoms with van der Waals surface area (Å²) in [5.41, 5.74) is 1.40. The Morgan fingerprint density at radius 1 is 1.30 bits per heavy atom. The molecule has 2 aliphatic heterocycles. The van der Waals surface area contributed by atoms with Gasteiger partial charge in [-0.2, -0.15) is 5.10 Å². The molecule has 4 rings (SSSR count). The Morgan fingerprint density at radius 2 is 2.13 bits per heavy atom. The van der Waals surface area contributed by atoms with Crippen molar-refractivity contribution in [2.75, 3.05) is 19.7 Å². The van der Waals surface area contributed by atoms with Gasteiger partial charge in [0.25, 0.3) is 0 Å². The lowest BCUT2D eigenvalue weighted by molar-refractivity contribution is -0.0457. The standard InChI is InChI=1S/C18H25N3O2/c1-14-3-4-17(23-14)12-21-7-5-18(6-8-21)9-15(13-22-18)16-10-19-20(2)11-16/h3-4,10-11,15H,5-9,12-13H2,1-2H3/t15-/m0/s1. The first-order valence-corrected chi connectivity index (χ1v) is 8.52. The van der Waals surface area contributed by atoms with E-state index >= 15 is 0 Å². The van der Waals surface area contributed by atoms with Crippen molar-refractivity contribution in [3.8, 4) is 0 Å². The fourth-order valence-electron chi connectivity index (χ4n) is 3.97. The molecule has 0 amide bonds. The maximum Gasteiger partial charge on any atom is 0.118 e. The van der Waals surface area contributed by atoms with Crippen LogP contribution in [0.3, 0.4) is 0 Å². The Labute approximate surface area is 137 Å². The molecule has 0 saturated carbocycles. The first-order chi connectivity index (χ1) is 11.1. The summed E-state index contributed by atoms with van der Waals surface area (Å²) < 4.78 is 13.9. The minimum absolute atomic E-state index is 0.0795. The van der Waals surface area contributed by atoms with Crippen molar-refractivity contribution in [2.24, 2.45) is 7.05 Å². The van der Waals surface area contributed by atoms with Crippen molar-refractivity contribution < 1.29 is 9.15 Å². The van der Waals surface area contributed by atoms with Crippen LogP contribution in [-0.4, -0.2) is 40.0 Å². The number of hydrogen-bond donors (Lipinski definition) is 0. The molecule has 2 aromatic rings. The molecule has 5 nitrogen and oxygen atoms in total. The number of furan rings is 1. The fraction of sp³-hybridized carbons (Fsp3) is 0.611. The Morgan fingerprint density at radius 3 is 2.78 bits per heavy atom. The van der Waals surface area contributed by atoms with Crippen LogP contribution in [0, 0.1) is 6.92 Å². The van der Waals surface area contributed by atoms with E-state index in [-0.39, 0.29) is 5.60 Å². The van der Waals surface area contributed by atoms with Crippen molar-refractivity contribution in [3.63, 3.8) is 0 Å². The third-order valence-corrected chi connectivity index (χ3v) is 5.35. The van der Waals surface area contributed by atoms with Gasteiger partial charge in [-0.15, -0.1) is 0 Å². The molecule has 4 heterocycles. The number of aromatic nitrogens is 2. The maximum absolute atomic E-state index is 6.27. The summed E-state index contributed by atoms with van der Waals surface area (Å²) in [6.07, 6.45) is 7.47. The van der Waals surface area contributed by atoms with Crippen LogP contribution in [0.25, 0.3) is 0 Å². The number of nitrogens with zero attached hydrogens (tertiary/aromatic N) is 3. The summed E-state index contributed by atoms with van der Waals surface area (Å²) in [6, 6.07) is 4.13. The molecule has 0 aliphatic carbocycles. The second kappa shape index (κ2) is 5.80. The minimum Gasteiger partial charge on any atom is -0.465 e. The molecular weight excluding hydrogens is 290 g/mol. The summed E-state index contributed by atoms with van der Waals surface area (Å²) in [5.74, 6) is 2.56. The predicted octanol–water partition coefficient (Wildman–Crippen LogP) is 2.86. The van der Waals surface area contributed by atoms with Crippen LogP contribution < -0.4 is 0 Å². The van der Waals surface area contributed by atoms with Crippen molar-refractivity contribution >= 4 is 0 Å². The van der Waals surface area contributed by atoms with E-state index in [1.807, 2.05) is 30.9 Å². The zero-order chi connectivity index (χ0) is 15.9. The lowest BCUT2D eigenvalue weighted by Gasteiger charge is -2.38. The third-order valence-electron chi connectivity index (χ3n) is 5.35. The van der Waals surface area contributed by atoms with E-state index in [1.54, 1.807) is 0 Å². The molecule has 1 spiro atoms. The van der Waals surface area contributed by atoms with Gasteiger partial charge in [-0.1, -0.05) is 0 Å². The molecule has 0 N–H and O–H groups in total. The van der Waals surface area contributed by atoms with Gasteiger partial charge in [0.2, 0.25) is 0 Å². The van der Waals surface area contributed by atoms with Crippen LogP contribution in [0.2, 0.25) is 0 Å². The molecule has 0 unspecified atom stereocenters. The van der Waals surface area contributed by atoms with E-state index in [2.05, 4.69) is 22.3 Å². The average molecular weight is 315 g/mol. The number of hydrogen-bond acceptors (Lipinski definition) is 4. The first-order valence-electron chi connectivity index (χ1n) is 8.52. The summed E-state index contributed by atoms with van der Waals surface area (Å²) in [6.45, 7) is 5.91. The Balaban J connectivity index is 1.34. The van der Waals surface area contributed by atoms with Crippen molar-refractivity contribution in [3.05, 3.63) is 41.6 Å². The molecule has 23 heavy (non-hydrogen) atoms. The molecule has 5 heteroatoms. The molecule has 2 aromatic heterocycles. The first kappa shape index (κ1) is 15.0. The van der Waals surface area contributed by atoms with E-state index in [0.717, 1.165) is 57.0 Å². The summed E-state index contributed by atoms with van der Waals surface area (Å²) >= 11 is 0. The second-order valence-corrected chi connectivity index (χ2v) is 7.13. The third kappa shape index (κ3) is 3.08. The Kier molecular flexibility index (Phi) is 3.77. The van der Waals surface area contributed by atoms with Crippen LogP contribution in [-0.2, 0) is 18.3 Å². The van der Waals surface area contributed by atoms with Gasteiger partial charge in [0, 0.05) is 32.3 Å². The number of piperidine rings is 1. The van der Waals surface area contributed by atoms with Gasteiger partial charge >= 0.3 is 0 Å². The number of ether oxygens (including phenoxy) is 1. The van der Waals surface area contributed by atoms with Gasteiger partial charge in [-0.3, -0.25) is 9.58 Å². The quantitative estimate of drug-likeness (QED) is 0.873. The number of rotatable bonds is 3. The molecule has 0 bridgehead atoms. The highest BCUT2D eigenvalue weighted by Crippen LogP contribution is 2.42. The monoisotopic (exact) mass is 315 g/mol. The minimum atomic E-state index is 0.0795. The van der Waals surface area contributed by atoms with E-state index in [4.69, 9.17) is 9.15 Å². The van der Waals surface area contributed by atoms with Gasteiger partial charge < -0.3 is 9.15 Å². The van der Waals surface area contributed by atoms with Crippen LogP contribution in [0.15, 0.2) is 28.9 Å². The molecule has 2 aliphatic rings. The van der Waals surface area contributed by atoms with E-state index in [0.29, 0.717) is 5.92 Å². The largest absolute Gasteiger partial charge is 0.465 e. The van der Waals surface area contributed by atoms with E-state index in [9.17, 15) is 0 Å². The Bertz CT molecular complexity index is 667. The molecule has 0 aromatic carbocycles. The highest BCUT2D eigenvalue weighted by Gasteiger charge is 2.43. The lowest BCUT2D eigenvalue weighted by Crippen LogP contribution is -2.43. The molecular formula is C18H25N3O2. The fourth-order valence-corrected chi connectivity index (χ4v) is 3.97. The smallest absolute Gasteiger partial charge is 0.118 e. The normalized spacial score (nSPS) is 24.5. The van der Waals surface area contributed by atoms with Gasteiger partial charge in [-0.25, -0.2) is 0 Å². The second-order valence-electron chi connectivity index (χ2n) is 7.13. The van der Waals surface area contributed by atoms with Gasteiger partial charge in [0.15, 0.2) is 0 Å². The van der Waals surface area contributed by atoms with Crippen LogP contribution in [0.1, 0.15) is 42.3 Å². The number of likely N-dealkylation sites (tertiary alicyclic amines) is 1. The van der Waals surface area contributed by atoms with Crippen molar-refractivity contribution in [2.45, 2.75) is 44.2 Å². The molecule has 1 atom stereocenters. The van der Waals surface area contributed by atoms with Gasteiger partial charge in [0.1, 0.15) is 11.5 Å². The highest BCUT2D eigenvalue weighted by atomic mass is 16.5. The number of aryl methyl sites for hydroxylation is 2. The zero-order valence-corrected chi connectivity index (χ0v) is 14.0. The topological polar surface area (TPSA) is 43.4 Å². The summed E-state index contributed by atoms with van der Waals surface area (Å²) in [4.78, 5) is 2.48. The SMILES string of the molecule is Cc1ccc(CN2CCC3(CC2)C[C@H](c2cnn(C)c2)CO3)o1. The summed E-state index contributed by atoms with van der Waals surface area (Å²) in [5, 5.41) is 4.30. The van der Waals surface area contributed by atoms with Gasteiger partial charge in [-0.05, 0) is 43.9 Å². The molecule has 2 fully saturated rings. The highest BCUT2D eigenvalue weighted by molar-refractivity contribution is 5.15. The summed E-state index contributed by atoms with van der Waals surface area (Å²) in [7, 11) is 1.98. The molecule has 2 saturated heterocycles. The predicted molar refractivity (Wildman–Crippen MR) is 87.2 cm³/mol. The van der Waals surface area contributed by atoms with E-state index in [1.165, 1.54) is 5.56 Å². The van der Waals surface area contributed by atoms with Crippen molar-refractivity contribution in [1.82, 2.24) is 14.7 Å². The zero-order valence-electron chi connectivity index (χ0n) is 14.0. The van der Waals surface area contributed by atoms with E-state index < -0.39 is 0 Å².